The van der Waals surface area contributed by atoms with E-state index in [1.54, 1.807) is 19.4 Å². The maximum atomic E-state index is 11.1. The van der Waals surface area contributed by atoms with Crippen LogP contribution in [0.4, 0.5) is 11.5 Å². The highest BCUT2D eigenvalue weighted by molar-refractivity contribution is 5.59. The van der Waals surface area contributed by atoms with Gasteiger partial charge in [-0.3, -0.25) is 15.1 Å². The molecular formula is C12H15N5O2. The van der Waals surface area contributed by atoms with Gasteiger partial charge in [0.25, 0.3) is 0 Å². The van der Waals surface area contributed by atoms with Gasteiger partial charge in [0.1, 0.15) is 5.69 Å². The van der Waals surface area contributed by atoms with Crippen molar-refractivity contribution in [1.82, 2.24) is 14.8 Å². The van der Waals surface area contributed by atoms with Gasteiger partial charge in [-0.05, 0) is 24.1 Å². The average molecular weight is 261 g/mol. The number of anilines is 1. The largest absolute Gasteiger partial charge is 0.360 e. The first-order valence-electron chi connectivity index (χ1n) is 5.96. The van der Waals surface area contributed by atoms with Gasteiger partial charge in [0.05, 0.1) is 4.92 Å². The predicted molar refractivity (Wildman–Crippen MR) is 70.8 cm³/mol. The van der Waals surface area contributed by atoms with E-state index < -0.39 is 0 Å². The molecule has 0 saturated heterocycles. The SMILES string of the molecule is CCc1nn(C)c(NCc2ccncc2)c1[N+](=O)[O-]. The summed E-state index contributed by atoms with van der Waals surface area (Å²) < 4.78 is 1.51. The fourth-order valence-corrected chi connectivity index (χ4v) is 1.88. The second-order valence-electron chi connectivity index (χ2n) is 4.09. The lowest BCUT2D eigenvalue weighted by Crippen LogP contribution is -2.06. The van der Waals surface area contributed by atoms with Crippen LogP contribution in [0.3, 0.4) is 0 Å². The molecule has 7 heteroatoms. The van der Waals surface area contributed by atoms with Gasteiger partial charge in [0.15, 0.2) is 0 Å². The molecule has 0 aliphatic carbocycles. The summed E-state index contributed by atoms with van der Waals surface area (Å²) in [4.78, 5) is 14.7. The lowest BCUT2D eigenvalue weighted by atomic mass is 10.2. The highest BCUT2D eigenvalue weighted by atomic mass is 16.6. The molecule has 2 heterocycles. The molecule has 0 aliphatic rings. The van der Waals surface area contributed by atoms with E-state index in [9.17, 15) is 10.1 Å². The fourth-order valence-electron chi connectivity index (χ4n) is 1.88. The van der Waals surface area contributed by atoms with Crippen LogP contribution in [0.1, 0.15) is 18.2 Å². The molecule has 0 aliphatic heterocycles. The van der Waals surface area contributed by atoms with Crippen LogP contribution in [-0.2, 0) is 20.0 Å². The summed E-state index contributed by atoms with van der Waals surface area (Å²) in [5.41, 5.74) is 1.55. The summed E-state index contributed by atoms with van der Waals surface area (Å²) in [6.45, 7) is 2.34. The molecule has 0 radical (unpaired) electrons. The number of hydrogen-bond acceptors (Lipinski definition) is 5. The van der Waals surface area contributed by atoms with Gasteiger partial charge in [-0.2, -0.15) is 5.10 Å². The molecule has 0 aromatic carbocycles. The lowest BCUT2D eigenvalue weighted by molar-refractivity contribution is -0.384. The van der Waals surface area contributed by atoms with Crippen molar-refractivity contribution in [2.24, 2.45) is 7.05 Å². The van der Waals surface area contributed by atoms with Gasteiger partial charge in [-0.15, -0.1) is 0 Å². The zero-order valence-electron chi connectivity index (χ0n) is 10.8. The zero-order chi connectivity index (χ0) is 13.8. The fraction of sp³-hybridized carbons (Fsp3) is 0.333. The summed E-state index contributed by atoms with van der Waals surface area (Å²) in [5.74, 6) is 0.429. The quantitative estimate of drug-likeness (QED) is 0.656. The van der Waals surface area contributed by atoms with Crippen molar-refractivity contribution in [3.05, 3.63) is 45.9 Å². The summed E-state index contributed by atoms with van der Waals surface area (Å²) in [7, 11) is 1.70. The molecule has 0 fully saturated rings. The number of pyridine rings is 1. The Kier molecular flexibility index (Phi) is 3.74. The molecule has 2 rings (SSSR count). The standard InChI is InChI=1S/C12H15N5O2/c1-3-10-11(17(18)19)12(16(2)15-10)14-8-9-4-6-13-7-5-9/h4-7,14H,3,8H2,1-2H3. The average Bonchev–Trinajstić information content (AvgIpc) is 2.74. The molecule has 0 unspecified atom stereocenters. The van der Waals surface area contributed by atoms with E-state index >= 15 is 0 Å². The van der Waals surface area contributed by atoms with Crippen molar-refractivity contribution in [3.8, 4) is 0 Å². The molecule has 0 atom stereocenters. The van der Waals surface area contributed by atoms with Gasteiger partial charge in [0, 0.05) is 26.0 Å². The van der Waals surface area contributed by atoms with Gasteiger partial charge >= 0.3 is 5.69 Å². The molecule has 100 valence electrons. The smallest absolute Gasteiger partial charge is 0.333 e. The van der Waals surface area contributed by atoms with Crippen molar-refractivity contribution in [3.63, 3.8) is 0 Å². The van der Waals surface area contributed by atoms with Crippen molar-refractivity contribution < 1.29 is 4.92 Å². The maximum absolute atomic E-state index is 11.1. The Hall–Kier alpha value is -2.44. The Balaban J connectivity index is 2.25. The van der Waals surface area contributed by atoms with E-state index in [1.807, 2.05) is 19.1 Å². The molecule has 1 N–H and O–H groups in total. The van der Waals surface area contributed by atoms with Crippen LogP contribution < -0.4 is 5.32 Å². The van der Waals surface area contributed by atoms with Gasteiger partial charge in [0.2, 0.25) is 5.82 Å². The molecule has 2 aromatic rings. The van der Waals surface area contributed by atoms with Gasteiger partial charge in [-0.1, -0.05) is 6.92 Å². The zero-order valence-corrected chi connectivity index (χ0v) is 10.8. The first kappa shape index (κ1) is 13.0. The number of nitrogens with zero attached hydrogens (tertiary/aromatic N) is 4. The number of rotatable bonds is 5. The third kappa shape index (κ3) is 2.70. The molecule has 7 nitrogen and oxygen atoms in total. The Morgan fingerprint density at radius 2 is 2.11 bits per heavy atom. The highest BCUT2D eigenvalue weighted by Crippen LogP contribution is 2.28. The van der Waals surface area contributed by atoms with Crippen LogP contribution >= 0.6 is 0 Å². The van der Waals surface area contributed by atoms with Crippen LogP contribution in [0.5, 0.6) is 0 Å². The van der Waals surface area contributed by atoms with Crippen molar-refractivity contribution in [2.75, 3.05) is 5.32 Å². The third-order valence-corrected chi connectivity index (χ3v) is 2.82. The minimum Gasteiger partial charge on any atom is -0.360 e. The molecule has 19 heavy (non-hydrogen) atoms. The number of aromatic nitrogens is 3. The first-order valence-corrected chi connectivity index (χ1v) is 5.96. The summed E-state index contributed by atoms with van der Waals surface area (Å²) in [5, 5.41) is 18.4. The Morgan fingerprint density at radius 3 is 2.68 bits per heavy atom. The minimum atomic E-state index is -0.388. The Bertz CT molecular complexity index is 579. The predicted octanol–water partition coefficient (Wildman–Crippen LogP) is 1.90. The van der Waals surface area contributed by atoms with E-state index in [0.29, 0.717) is 24.5 Å². The van der Waals surface area contributed by atoms with E-state index in [1.165, 1.54) is 4.68 Å². The first-order chi connectivity index (χ1) is 9.13. The molecule has 0 amide bonds. The maximum Gasteiger partial charge on any atom is 0.333 e. The monoisotopic (exact) mass is 261 g/mol. The second-order valence-corrected chi connectivity index (χ2v) is 4.09. The number of nitro groups is 1. The third-order valence-electron chi connectivity index (χ3n) is 2.82. The van der Waals surface area contributed by atoms with Crippen LogP contribution in [0.15, 0.2) is 24.5 Å². The summed E-state index contributed by atoms with van der Waals surface area (Å²) in [6.07, 6.45) is 3.90. The van der Waals surface area contributed by atoms with E-state index in [-0.39, 0.29) is 10.6 Å². The minimum absolute atomic E-state index is 0.0547. The van der Waals surface area contributed by atoms with Crippen molar-refractivity contribution >= 4 is 11.5 Å². The molecule has 0 saturated carbocycles. The molecule has 0 spiro atoms. The lowest BCUT2D eigenvalue weighted by Gasteiger charge is -2.05. The van der Waals surface area contributed by atoms with Crippen LogP contribution in [-0.4, -0.2) is 19.7 Å². The van der Waals surface area contributed by atoms with E-state index in [0.717, 1.165) is 5.56 Å². The van der Waals surface area contributed by atoms with Gasteiger partial charge < -0.3 is 5.32 Å². The summed E-state index contributed by atoms with van der Waals surface area (Å²) >= 11 is 0. The van der Waals surface area contributed by atoms with Crippen molar-refractivity contribution in [2.45, 2.75) is 19.9 Å². The summed E-state index contributed by atoms with van der Waals surface area (Å²) in [6, 6.07) is 3.71. The van der Waals surface area contributed by atoms with Crippen LogP contribution in [0.25, 0.3) is 0 Å². The van der Waals surface area contributed by atoms with Crippen LogP contribution in [0.2, 0.25) is 0 Å². The second kappa shape index (κ2) is 5.47. The highest BCUT2D eigenvalue weighted by Gasteiger charge is 2.25. The van der Waals surface area contributed by atoms with Crippen molar-refractivity contribution in [1.29, 1.82) is 0 Å². The topological polar surface area (TPSA) is 85.9 Å². The number of hydrogen-bond donors (Lipinski definition) is 1. The normalized spacial score (nSPS) is 10.4. The van der Waals surface area contributed by atoms with Gasteiger partial charge in [-0.25, -0.2) is 4.68 Å². The Morgan fingerprint density at radius 1 is 1.42 bits per heavy atom. The Labute approximate surface area is 110 Å². The molecule has 0 bridgehead atoms. The number of aryl methyl sites for hydroxylation is 2. The molecular weight excluding hydrogens is 246 g/mol. The number of nitrogens with one attached hydrogen (secondary N) is 1. The van der Waals surface area contributed by atoms with Crippen LogP contribution in [0, 0.1) is 10.1 Å². The van der Waals surface area contributed by atoms with E-state index in [2.05, 4.69) is 15.4 Å². The van der Waals surface area contributed by atoms with E-state index in [4.69, 9.17) is 0 Å². The molecule has 2 aromatic heterocycles.